The third kappa shape index (κ3) is 2.00. The first-order chi connectivity index (χ1) is 9.18. The molecule has 0 radical (unpaired) electrons. The number of ketones is 1. The van der Waals surface area contributed by atoms with Crippen LogP contribution in [0.4, 0.5) is 0 Å². The number of nitrogens with zero attached hydrogens (tertiary/aromatic N) is 1. The van der Waals surface area contributed by atoms with Gasteiger partial charge in [-0.25, -0.2) is 0 Å². The van der Waals surface area contributed by atoms with Crippen molar-refractivity contribution in [1.82, 2.24) is 4.90 Å². The molecule has 0 fully saturated rings. The zero-order valence-electron chi connectivity index (χ0n) is 10.2. The van der Waals surface area contributed by atoms with E-state index in [2.05, 4.69) is 0 Å². The molecule has 1 aliphatic carbocycles. The molecule has 1 amide bonds. The van der Waals surface area contributed by atoms with Crippen LogP contribution in [-0.4, -0.2) is 16.6 Å². The lowest BCUT2D eigenvalue weighted by molar-refractivity contribution is -0.139. The van der Waals surface area contributed by atoms with Crippen LogP contribution in [-0.2, 0) is 16.1 Å². The normalized spacial score (nSPS) is 18.3. The van der Waals surface area contributed by atoms with Gasteiger partial charge in [-0.3, -0.25) is 9.59 Å². The minimum Gasteiger partial charge on any atom is -0.304 e. The number of allylic oxidation sites excluding steroid dienone is 3. The molecule has 0 atom stereocenters. The molecule has 19 heavy (non-hydrogen) atoms. The van der Waals surface area contributed by atoms with Crippen LogP contribution >= 0.6 is 11.6 Å². The molecule has 0 aromatic heterocycles. The second-order valence-electron chi connectivity index (χ2n) is 4.61. The molecule has 2 aliphatic rings. The Morgan fingerprint density at radius 3 is 2.79 bits per heavy atom. The van der Waals surface area contributed by atoms with Gasteiger partial charge in [-0.05, 0) is 24.5 Å². The SMILES string of the molecule is O=C1C(=O)N(Cc2ccccc2Cl)C2=C1C=CCC2. The molecule has 4 heteroatoms. The quantitative estimate of drug-likeness (QED) is 0.777. The molecule has 1 aliphatic heterocycles. The second kappa shape index (κ2) is 4.67. The molecule has 1 heterocycles. The summed E-state index contributed by atoms with van der Waals surface area (Å²) in [5, 5.41) is 0.614. The third-order valence-corrected chi connectivity index (χ3v) is 3.81. The van der Waals surface area contributed by atoms with Crippen molar-refractivity contribution in [2.45, 2.75) is 19.4 Å². The van der Waals surface area contributed by atoms with Crippen LogP contribution in [0.3, 0.4) is 0 Å². The Morgan fingerprint density at radius 2 is 2.00 bits per heavy atom. The highest BCUT2D eigenvalue weighted by Gasteiger charge is 2.37. The molecule has 3 rings (SSSR count). The Labute approximate surface area is 116 Å². The van der Waals surface area contributed by atoms with Crippen molar-refractivity contribution in [2.75, 3.05) is 0 Å². The van der Waals surface area contributed by atoms with Crippen LogP contribution in [0, 0.1) is 0 Å². The van der Waals surface area contributed by atoms with E-state index in [9.17, 15) is 9.59 Å². The minimum atomic E-state index is -0.448. The molecule has 0 bridgehead atoms. The van der Waals surface area contributed by atoms with Crippen molar-refractivity contribution in [3.05, 3.63) is 58.3 Å². The van der Waals surface area contributed by atoms with Gasteiger partial charge in [0, 0.05) is 16.3 Å². The molecule has 0 spiro atoms. The maximum atomic E-state index is 12.0. The number of amides is 1. The Balaban J connectivity index is 1.95. The molecule has 0 saturated carbocycles. The largest absolute Gasteiger partial charge is 0.304 e. The van der Waals surface area contributed by atoms with Gasteiger partial charge in [0.2, 0.25) is 0 Å². The number of halogens is 1. The molecule has 0 saturated heterocycles. The molecule has 0 unspecified atom stereocenters. The molecule has 96 valence electrons. The Morgan fingerprint density at radius 1 is 1.21 bits per heavy atom. The van der Waals surface area contributed by atoms with E-state index in [1.807, 2.05) is 24.3 Å². The number of rotatable bonds is 2. The highest BCUT2D eigenvalue weighted by molar-refractivity contribution is 6.46. The first kappa shape index (κ1) is 12.2. The predicted molar refractivity (Wildman–Crippen MR) is 72.4 cm³/mol. The molecule has 3 nitrogen and oxygen atoms in total. The van der Waals surface area contributed by atoms with E-state index >= 15 is 0 Å². The van der Waals surface area contributed by atoms with Crippen molar-refractivity contribution < 1.29 is 9.59 Å². The summed E-state index contributed by atoms with van der Waals surface area (Å²) in [6.07, 6.45) is 5.28. The van der Waals surface area contributed by atoms with Crippen molar-refractivity contribution in [3.63, 3.8) is 0 Å². The highest BCUT2D eigenvalue weighted by Crippen LogP contribution is 2.32. The number of benzene rings is 1. The van der Waals surface area contributed by atoms with Crippen molar-refractivity contribution >= 4 is 23.3 Å². The lowest BCUT2D eigenvalue weighted by Crippen LogP contribution is -2.28. The number of carbonyl (C=O) groups is 2. The fourth-order valence-corrected chi connectivity index (χ4v) is 2.66. The maximum absolute atomic E-state index is 12.0. The van der Waals surface area contributed by atoms with Crippen LogP contribution in [0.15, 0.2) is 47.7 Å². The fraction of sp³-hybridized carbons (Fsp3) is 0.200. The highest BCUT2D eigenvalue weighted by atomic mass is 35.5. The van der Waals surface area contributed by atoms with Gasteiger partial charge in [-0.1, -0.05) is 42.0 Å². The summed E-state index contributed by atoms with van der Waals surface area (Å²) in [5.74, 6) is -0.852. The summed E-state index contributed by atoms with van der Waals surface area (Å²) in [7, 11) is 0. The van der Waals surface area contributed by atoms with Crippen molar-refractivity contribution in [2.24, 2.45) is 0 Å². The van der Waals surface area contributed by atoms with E-state index < -0.39 is 11.7 Å². The van der Waals surface area contributed by atoms with Crippen LogP contribution in [0.25, 0.3) is 0 Å². The van der Waals surface area contributed by atoms with E-state index in [-0.39, 0.29) is 0 Å². The standard InChI is InChI=1S/C15H12ClNO2/c16-12-7-3-1-5-10(12)9-17-13-8-4-2-6-11(13)14(18)15(17)19/h1-3,5-7H,4,8-9H2. The summed E-state index contributed by atoms with van der Waals surface area (Å²) in [5.41, 5.74) is 2.23. The van der Waals surface area contributed by atoms with Crippen LogP contribution in [0.2, 0.25) is 5.02 Å². The molecule has 1 aromatic rings. The van der Waals surface area contributed by atoms with Gasteiger partial charge in [0.1, 0.15) is 0 Å². The van der Waals surface area contributed by atoms with Gasteiger partial charge in [-0.15, -0.1) is 0 Å². The summed E-state index contributed by atoms with van der Waals surface area (Å²) >= 11 is 6.11. The topological polar surface area (TPSA) is 37.4 Å². The summed E-state index contributed by atoms with van der Waals surface area (Å²) < 4.78 is 0. The number of Topliss-reactive ketones (excluding diaryl/α,β-unsaturated/α-hetero) is 1. The average Bonchev–Trinajstić information content (AvgIpc) is 2.67. The minimum absolute atomic E-state index is 0.358. The van der Waals surface area contributed by atoms with Gasteiger partial charge in [0.15, 0.2) is 0 Å². The summed E-state index contributed by atoms with van der Waals surface area (Å²) in [6.45, 7) is 0.358. The number of hydrogen-bond donors (Lipinski definition) is 0. The van der Waals surface area contributed by atoms with Crippen LogP contribution in [0.5, 0.6) is 0 Å². The van der Waals surface area contributed by atoms with Crippen molar-refractivity contribution in [3.8, 4) is 0 Å². The third-order valence-electron chi connectivity index (χ3n) is 3.44. The second-order valence-corrected chi connectivity index (χ2v) is 5.02. The summed E-state index contributed by atoms with van der Waals surface area (Å²) in [6, 6.07) is 7.38. The lowest BCUT2D eigenvalue weighted by Gasteiger charge is -2.21. The van der Waals surface area contributed by atoms with Crippen LogP contribution < -0.4 is 0 Å². The first-order valence-electron chi connectivity index (χ1n) is 6.18. The molecule has 0 N–H and O–H groups in total. The lowest BCUT2D eigenvalue weighted by atomic mass is 10.0. The van der Waals surface area contributed by atoms with E-state index in [1.165, 1.54) is 0 Å². The van der Waals surface area contributed by atoms with Gasteiger partial charge in [-0.2, -0.15) is 0 Å². The first-order valence-corrected chi connectivity index (χ1v) is 6.55. The number of carbonyl (C=O) groups excluding carboxylic acids is 2. The zero-order chi connectivity index (χ0) is 13.4. The van der Waals surface area contributed by atoms with Gasteiger partial charge in [0.05, 0.1) is 6.54 Å². The Hall–Kier alpha value is -1.87. The maximum Gasteiger partial charge on any atom is 0.299 e. The van der Waals surface area contributed by atoms with E-state index in [0.29, 0.717) is 17.1 Å². The predicted octanol–water partition coefficient (Wildman–Crippen LogP) is 2.86. The summed E-state index contributed by atoms with van der Waals surface area (Å²) in [4.78, 5) is 25.5. The van der Waals surface area contributed by atoms with E-state index in [4.69, 9.17) is 11.6 Å². The van der Waals surface area contributed by atoms with Crippen molar-refractivity contribution in [1.29, 1.82) is 0 Å². The van der Waals surface area contributed by atoms with Crippen LogP contribution in [0.1, 0.15) is 18.4 Å². The Bertz CT molecular complexity index is 631. The monoisotopic (exact) mass is 273 g/mol. The molecular weight excluding hydrogens is 262 g/mol. The van der Waals surface area contributed by atoms with E-state index in [1.54, 1.807) is 17.0 Å². The average molecular weight is 274 g/mol. The zero-order valence-corrected chi connectivity index (χ0v) is 11.0. The van der Waals surface area contributed by atoms with Gasteiger partial charge in [0.25, 0.3) is 11.7 Å². The van der Waals surface area contributed by atoms with Gasteiger partial charge >= 0.3 is 0 Å². The van der Waals surface area contributed by atoms with Gasteiger partial charge < -0.3 is 4.90 Å². The smallest absolute Gasteiger partial charge is 0.299 e. The fourth-order valence-electron chi connectivity index (χ4n) is 2.46. The Kier molecular flexibility index (Phi) is 2.99. The molecule has 1 aromatic carbocycles. The number of hydrogen-bond acceptors (Lipinski definition) is 2. The molecular formula is C15H12ClNO2. The van der Waals surface area contributed by atoms with E-state index in [0.717, 1.165) is 24.1 Å².